The van der Waals surface area contributed by atoms with E-state index in [4.69, 9.17) is 26.3 Å². The average Bonchev–Trinajstić information content (AvgIpc) is 3.50. The molecule has 1 heterocycles. The van der Waals surface area contributed by atoms with Gasteiger partial charge in [-0.3, -0.25) is 14.5 Å². The molecular weight excluding hydrogens is 752 g/mol. The lowest BCUT2D eigenvalue weighted by Crippen LogP contribution is -2.46. The van der Waals surface area contributed by atoms with Crippen LogP contribution in [0.4, 0.5) is 14.5 Å². The average molecular weight is 802 g/mol. The van der Waals surface area contributed by atoms with E-state index in [2.05, 4.69) is 33.4 Å². The zero-order chi connectivity index (χ0) is 40.4. The van der Waals surface area contributed by atoms with E-state index in [-0.39, 0.29) is 35.6 Å². The number of halogens is 3. The zero-order valence-electron chi connectivity index (χ0n) is 32.1. The fourth-order valence-corrected chi connectivity index (χ4v) is 7.03. The lowest BCUT2D eigenvalue weighted by molar-refractivity contribution is -0.129. The SMILES string of the molecule is N#Cc1ccc(/C=C/C2=NC(=C\c3cc(F)c(O)c(F)c3)/C(=O)N2CC(=O)NC2CCC(CN(CCOCCOCCCCCCCl)c3ccccc3)CC2)cc1. The maximum Gasteiger partial charge on any atom is 0.278 e. The Hall–Kier alpha value is -5.09. The molecule has 1 aliphatic carbocycles. The van der Waals surface area contributed by atoms with Crippen molar-refractivity contribution in [3.63, 3.8) is 0 Å². The molecule has 3 aromatic rings. The number of nitrogens with one attached hydrogen (secondary N) is 1. The van der Waals surface area contributed by atoms with Crippen LogP contribution in [-0.4, -0.2) is 85.6 Å². The van der Waals surface area contributed by atoms with Crippen molar-refractivity contribution in [2.24, 2.45) is 10.9 Å². The minimum Gasteiger partial charge on any atom is -0.503 e. The van der Waals surface area contributed by atoms with Crippen molar-refractivity contribution < 1.29 is 33.0 Å². The Bertz CT molecular complexity index is 1890. The van der Waals surface area contributed by atoms with Crippen LogP contribution in [0.15, 0.2) is 83.5 Å². The summed E-state index contributed by atoms with van der Waals surface area (Å²) in [6.07, 6.45) is 12.2. The molecule has 0 atom stereocenters. The van der Waals surface area contributed by atoms with E-state index < -0.39 is 23.3 Å². The van der Waals surface area contributed by atoms with Crippen molar-refractivity contribution in [3.05, 3.63) is 107 Å². The first-order valence-corrected chi connectivity index (χ1v) is 20.1. The summed E-state index contributed by atoms with van der Waals surface area (Å²) in [5.74, 6) is -3.14. The van der Waals surface area contributed by atoms with Crippen LogP contribution in [0.2, 0.25) is 0 Å². The molecule has 0 aromatic heterocycles. The number of para-hydroxylation sites is 1. The fourth-order valence-electron chi connectivity index (χ4n) is 6.85. The van der Waals surface area contributed by atoms with Crippen LogP contribution in [0, 0.1) is 28.9 Å². The molecule has 0 spiro atoms. The molecule has 3 aromatic carbocycles. The smallest absolute Gasteiger partial charge is 0.278 e. The molecule has 10 nitrogen and oxygen atoms in total. The first-order chi connectivity index (χ1) is 27.7. The van der Waals surface area contributed by atoms with Gasteiger partial charge in [-0.1, -0.05) is 49.2 Å². The van der Waals surface area contributed by atoms with Crippen LogP contribution in [0.3, 0.4) is 0 Å². The quantitative estimate of drug-likeness (QED) is 0.0639. The lowest BCUT2D eigenvalue weighted by Gasteiger charge is -2.34. The fraction of sp³-hybridized carbons (Fsp3) is 0.409. The highest BCUT2D eigenvalue weighted by atomic mass is 35.5. The normalized spacial score (nSPS) is 17.6. The van der Waals surface area contributed by atoms with Crippen LogP contribution in [0.5, 0.6) is 5.75 Å². The van der Waals surface area contributed by atoms with E-state index in [1.54, 1.807) is 36.4 Å². The van der Waals surface area contributed by atoms with Crippen molar-refractivity contribution in [1.82, 2.24) is 10.2 Å². The largest absolute Gasteiger partial charge is 0.503 e. The lowest BCUT2D eigenvalue weighted by atomic mass is 9.85. The van der Waals surface area contributed by atoms with Gasteiger partial charge < -0.3 is 24.8 Å². The van der Waals surface area contributed by atoms with Gasteiger partial charge in [-0.05, 0) is 104 Å². The number of alkyl halides is 1. The number of carbonyl (C=O) groups is 2. The van der Waals surface area contributed by atoms with Gasteiger partial charge in [0, 0.05) is 37.3 Å². The molecule has 5 rings (SSSR count). The summed E-state index contributed by atoms with van der Waals surface area (Å²) in [6, 6.07) is 20.9. The summed E-state index contributed by atoms with van der Waals surface area (Å²) in [6.45, 7) is 3.75. The van der Waals surface area contributed by atoms with E-state index in [0.717, 1.165) is 94.4 Å². The highest BCUT2D eigenvalue weighted by Gasteiger charge is 2.32. The summed E-state index contributed by atoms with van der Waals surface area (Å²) >= 11 is 5.73. The first-order valence-electron chi connectivity index (χ1n) is 19.5. The molecule has 0 radical (unpaired) electrons. The summed E-state index contributed by atoms with van der Waals surface area (Å²) in [5.41, 5.74) is 2.21. The number of aliphatic imine (C=N–C) groups is 1. The predicted octanol–water partition coefficient (Wildman–Crippen LogP) is 7.85. The van der Waals surface area contributed by atoms with Gasteiger partial charge in [-0.15, -0.1) is 11.6 Å². The summed E-state index contributed by atoms with van der Waals surface area (Å²) in [4.78, 5) is 35.0. The number of hydrogen-bond donors (Lipinski definition) is 2. The maximum atomic E-state index is 14.1. The number of unbranched alkanes of at least 4 members (excludes halogenated alkanes) is 3. The second-order valence-electron chi connectivity index (χ2n) is 14.2. The van der Waals surface area contributed by atoms with Crippen LogP contribution < -0.4 is 10.2 Å². The summed E-state index contributed by atoms with van der Waals surface area (Å²) in [7, 11) is 0. The highest BCUT2D eigenvalue weighted by Crippen LogP contribution is 2.28. The van der Waals surface area contributed by atoms with Crippen molar-refractivity contribution in [2.75, 3.05) is 56.8 Å². The molecule has 0 bridgehead atoms. The monoisotopic (exact) mass is 801 g/mol. The topological polar surface area (TPSA) is 127 Å². The molecule has 302 valence electrons. The number of nitrogens with zero attached hydrogens (tertiary/aromatic N) is 4. The number of phenolic OH excluding ortho intramolecular Hbond substituents is 1. The van der Waals surface area contributed by atoms with Gasteiger partial charge in [-0.25, -0.2) is 13.8 Å². The predicted molar refractivity (Wildman–Crippen MR) is 219 cm³/mol. The minimum absolute atomic E-state index is 0.0167. The summed E-state index contributed by atoms with van der Waals surface area (Å²) < 4.78 is 39.8. The standard InChI is InChI=1S/C44H50ClF2N5O5/c45-20-6-1-2-7-22-56-24-25-57-23-21-51(37-8-4-3-5-9-37)30-34-14-17-36(18-15-34)49-42(53)31-52-41(19-16-32-10-12-33(29-48)13-11-32)50-40(44(52)55)28-35-26-38(46)43(54)39(47)27-35/h3-5,8-13,16,19,26-28,34,36,54H,1-2,6-7,14-15,17-18,20-25,30-31H2,(H,49,53)/b19-16+,40-28-. The van der Waals surface area contributed by atoms with E-state index >= 15 is 0 Å². The van der Waals surface area contributed by atoms with E-state index in [1.807, 2.05) is 18.2 Å². The molecule has 57 heavy (non-hydrogen) atoms. The number of hydrogen-bond acceptors (Lipinski definition) is 8. The molecule has 2 N–H and O–H groups in total. The number of aromatic hydroxyl groups is 1. The Kier molecular flexibility index (Phi) is 17.1. The molecule has 0 saturated heterocycles. The van der Waals surface area contributed by atoms with Crippen LogP contribution in [0.25, 0.3) is 12.2 Å². The number of amides is 2. The maximum absolute atomic E-state index is 14.1. The van der Waals surface area contributed by atoms with Crippen LogP contribution in [-0.2, 0) is 19.1 Å². The summed E-state index contributed by atoms with van der Waals surface area (Å²) in [5, 5.41) is 21.7. The second kappa shape index (κ2) is 22.6. The molecular formula is C44H50ClF2N5O5. The van der Waals surface area contributed by atoms with E-state index in [9.17, 15) is 23.5 Å². The third kappa shape index (κ3) is 13.5. The molecule has 2 amide bonds. The number of carbonyl (C=O) groups excluding carboxylic acids is 2. The second-order valence-corrected chi connectivity index (χ2v) is 14.6. The number of phenols is 1. The Labute approximate surface area is 338 Å². The van der Waals surface area contributed by atoms with Gasteiger partial charge in [0.15, 0.2) is 17.4 Å². The van der Waals surface area contributed by atoms with Gasteiger partial charge in [0.1, 0.15) is 18.1 Å². The minimum atomic E-state index is -1.18. The Morgan fingerprint density at radius 1 is 0.930 bits per heavy atom. The zero-order valence-corrected chi connectivity index (χ0v) is 32.8. The number of nitriles is 1. The van der Waals surface area contributed by atoms with Crippen molar-refractivity contribution in [3.8, 4) is 11.8 Å². The number of anilines is 1. The van der Waals surface area contributed by atoms with Gasteiger partial charge in [0.25, 0.3) is 5.91 Å². The van der Waals surface area contributed by atoms with Gasteiger partial charge >= 0.3 is 0 Å². The Morgan fingerprint density at radius 3 is 2.30 bits per heavy atom. The Balaban J connectivity index is 1.13. The van der Waals surface area contributed by atoms with Gasteiger partial charge in [0.05, 0.1) is 31.5 Å². The van der Waals surface area contributed by atoms with Crippen LogP contribution in [0.1, 0.15) is 68.1 Å². The van der Waals surface area contributed by atoms with Crippen molar-refractivity contribution >= 4 is 47.1 Å². The first kappa shape index (κ1) is 43.0. The number of amidine groups is 1. The molecule has 0 unspecified atom stereocenters. The highest BCUT2D eigenvalue weighted by molar-refractivity contribution is 6.19. The third-order valence-corrected chi connectivity index (χ3v) is 10.2. The van der Waals surface area contributed by atoms with E-state index in [0.29, 0.717) is 37.2 Å². The molecule has 2 aliphatic rings. The van der Waals surface area contributed by atoms with E-state index in [1.165, 1.54) is 11.0 Å². The van der Waals surface area contributed by atoms with Crippen LogP contribution >= 0.6 is 11.6 Å². The molecule has 13 heteroatoms. The van der Waals surface area contributed by atoms with Gasteiger partial charge in [0.2, 0.25) is 5.91 Å². The van der Waals surface area contributed by atoms with Gasteiger partial charge in [-0.2, -0.15) is 5.26 Å². The molecule has 1 saturated carbocycles. The molecule has 1 aliphatic heterocycles. The third-order valence-electron chi connectivity index (χ3n) is 9.95. The molecule has 1 fully saturated rings. The number of ether oxygens (including phenoxy) is 2. The number of rotatable bonds is 21. The van der Waals surface area contributed by atoms with Crippen molar-refractivity contribution in [2.45, 2.75) is 57.4 Å². The Morgan fingerprint density at radius 2 is 1.61 bits per heavy atom. The van der Waals surface area contributed by atoms with Crippen molar-refractivity contribution in [1.29, 1.82) is 5.26 Å². The number of benzene rings is 3.